The van der Waals surface area contributed by atoms with E-state index in [0.29, 0.717) is 0 Å². The van der Waals surface area contributed by atoms with Crippen molar-refractivity contribution in [3.8, 4) is 0 Å². The first kappa shape index (κ1) is 12.6. The quantitative estimate of drug-likeness (QED) is 0.764. The van der Waals surface area contributed by atoms with Gasteiger partial charge in [0.15, 0.2) is 6.10 Å². The summed E-state index contributed by atoms with van der Waals surface area (Å²) in [6.45, 7) is 6.45. The molecule has 1 amide bonds. The van der Waals surface area contributed by atoms with Gasteiger partial charge in [0.25, 0.3) is 5.91 Å². The minimum Gasteiger partial charge on any atom is -0.359 e. The van der Waals surface area contributed by atoms with Gasteiger partial charge < -0.3 is 9.64 Å². The molecule has 0 unspecified atom stereocenters. The SMILES string of the molecule is C[C@H]1O[C@@H]1C(=O)N1CCN(Cc2ccccc2)CC1. The van der Waals surface area contributed by atoms with Crippen LogP contribution < -0.4 is 0 Å². The fourth-order valence-electron chi connectivity index (χ4n) is 2.59. The van der Waals surface area contributed by atoms with Crippen LogP contribution in [0, 0.1) is 0 Å². The summed E-state index contributed by atoms with van der Waals surface area (Å²) < 4.78 is 5.25. The van der Waals surface area contributed by atoms with Gasteiger partial charge in [-0.3, -0.25) is 9.69 Å². The average Bonchev–Trinajstić information content (AvgIpc) is 3.17. The molecular formula is C15H20N2O2. The molecule has 3 rings (SSSR count). The van der Waals surface area contributed by atoms with E-state index in [1.807, 2.05) is 17.9 Å². The first-order chi connectivity index (χ1) is 9.24. The Morgan fingerprint density at radius 3 is 2.42 bits per heavy atom. The first-order valence-corrected chi connectivity index (χ1v) is 6.94. The normalized spacial score (nSPS) is 27.3. The number of carbonyl (C=O) groups is 1. The Kier molecular flexibility index (Phi) is 3.53. The molecule has 4 heteroatoms. The number of carbonyl (C=O) groups excluding carboxylic acids is 1. The van der Waals surface area contributed by atoms with Gasteiger partial charge in [-0.25, -0.2) is 0 Å². The minimum atomic E-state index is -0.166. The number of epoxide rings is 1. The highest BCUT2D eigenvalue weighted by Gasteiger charge is 2.43. The smallest absolute Gasteiger partial charge is 0.254 e. The van der Waals surface area contributed by atoms with E-state index in [1.54, 1.807) is 0 Å². The Balaban J connectivity index is 1.48. The van der Waals surface area contributed by atoms with Crippen LogP contribution in [0.3, 0.4) is 0 Å². The first-order valence-electron chi connectivity index (χ1n) is 6.94. The molecule has 19 heavy (non-hydrogen) atoms. The Labute approximate surface area is 113 Å². The fourth-order valence-corrected chi connectivity index (χ4v) is 2.59. The van der Waals surface area contributed by atoms with E-state index in [9.17, 15) is 4.79 Å². The summed E-state index contributed by atoms with van der Waals surface area (Å²) in [5.41, 5.74) is 1.33. The highest BCUT2D eigenvalue weighted by Crippen LogP contribution is 2.23. The summed E-state index contributed by atoms with van der Waals surface area (Å²) in [6, 6.07) is 10.5. The Bertz CT molecular complexity index is 441. The standard InChI is InChI=1S/C15H20N2O2/c1-12-14(19-12)15(18)17-9-7-16(8-10-17)11-13-5-3-2-4-6-13/h2-6,12,14H,7-11H2,1H3/t12-,14+/m1/s1. The molecule has 2 aliphatic heterocycles. The van der Waals surface area contributed by atoms with Gasteiger partial charge in [-0.2, -0.15) is 0 Å². The van der Waals surface area contributed by atoms with E-state index in [1.165, 1.54) is 5.56 Å². The lowest BCUT2D eigenvalue weighted by Crippen LogP contribution is -2.49. The predicted molar refractivity (Wildman–Crippen MR) is 72.6 cm³/mol. The lowest BCUT2D eigenvalue weighted by Gasteiger charge is -2.34. The van der Waals surface area contributed by atoms with E-state index in [2.05, 4.69) is 29.2 Å². The average molecular weight is 260 g/mol. The molecule has 0 saturated carbocycles. The Hall–Kier alpha value is -1.39. The molecule has 0 aliphatic carbocycles. The zero-order valence-electron chi connectivity index (χ0n) is 11.3. The predicted octanol–water partition coefficient (Wildman–Crippen LogP) is 1.12. The van der Waals surface area contributed by atoms with Gasteiger partial charge in [0.05, 0.1) is 6.10 Å². The van der Waals surface area contributed by atoms with Gasteiger partial charge in [0.2, 0.25) is 0 Å². The number of piperazine rings is 1. The van der Waals surface area contributed by atoms with Crippen LogP contribution >= 0.6 is 0 Å². The van der Waals surface area contributed by atoms with Crippen LogP contribution in [0.5, 0.6) is 0 Å². The van der Waals surface area contributed by atoms with Crippen LogP contribution in [-0.2, 0) is 16.1 Å². The fraction of sp³-hybridized carbons (Fsp3) is 0.533. The molecule has 1 aromatic rings. The number of benzene rings is 1. The molecule has 2 aliphatic rings. The maximum absolute atomic E-state index is 12.0. The van der Waals surface area contributed by atoms with E-state index in [-0.39, 0.29) is 18.1 Å². The van der Waals surface area contributed by atoms with Crippen LogP contribution in [0.25, 0.3) is 0 Å². The molecular weight excluding hydrogens is 240 g/mol. The Morgan fingerprint density at radius 1 is 1.21 bits per heavy atom. The molecule has 0 aromatic heterocycles. The monoisotopic (exact) mass is 260 g/mol. The molecule has 1 aromatic carbocycles. The van der Waals surface area contributed by atoms with Gasteiger partial charge in [0.1, 0.15) is 0 Å². The van der Waals surface area contributed by atoms with Crippen LogP contribution in [0.15, 0.2) is 30.3 Å². The number of amides is 1. The summed E-state index contributed by atoms with van der Waals surface area (Å²) in [5, 5.41) is 0. The van der Waals surface area contributed by atoms with Gasteiger partial charge in [-0.15, -0.1) is 0 Å². The van der Waals surface area contributed by atoms with Crippen molar-refractivity contribution >= 4 is 5.91 Å². The lowest BCUT2D eigenvalue weighted by atomic mass is 10.2. The largest absolute Gasteiger partial charge is 0.359 e. The van der Waals surface area contributed by atoms with Crippen molar-refractivity contribution < 1.29 is 9.53 Å². The highest BCUT2D eigenvalue weighted by atomic mass is 16.6. The van der Waals surface area contributed by atoms with E-state index >= 15 is 0 Å². The molecule has 4 nitrogen and oxygen atoms in total. The van der Waals surface area contributed by atoms with Crippen molar-refractivity contribution in [2.45, 2.75) is 25.7 Å². The molecule has 2 atom stereocenters. The van der Waals surface area contributed by atoms with Gasteiger partial charge >= 0.3 is 0 Å². The lowest BCUT2D eigenvalue weighted by molar-refractivity contribution is -0.134. The maximum atomic E-state index is 12.0. The Morgan fingerprint density at radius 2 is 1.84 bits per heavy atom. The summed E-state index contributed by atoms with van der Waals surface area (Å²) in [4.78, 5) is 16.4. The van der Waals surface area contributed by atoms with Crippen molar-refractivity contribution in [1.29, 1.82) is 0 Å². The third kappa shape index (κ3) is 2.96. The molecule has 0 bridgehead atoms. The van der Waals surface area contributed by atoms with Crippen molar-refractivity contribution in [1.82, 2.24) is 9.80 Å². The van der Waals surface area contributed by atoms with Gasteiger partial charge in [-0.1, -0.05) is 30.3 Å². The zero-order chi connectivity index (χ0) is 13.2. The summed E-state index contributed by atoms with van der Waals surface area (Å²) in [7, 11) is 0. The van der Waals surface area contributed by atoms with Crippen molar-refractivity contribution in [3.63, 3.8) is 0 Å². The third-order valence-electron chi connectivity index (χ3n) is 3.89. The summed E-state index contributed by atoms with van der Waals surface area (Å²) in [5.74, 6) is 0.173. The van der Waals surface area contributed by atoms with Crippen LogP contribution in [0.2, 0.25) is 0 Å². The molecule has 2 saturated heterocycles. The van der Waals surface area contributed by atoms with Crippen LogP contribution in [-0.4, -0.2) is 54.1 Å². The van der Waals surface area contributed by atoms with Gasteiger partial charge in [-0.05, 0) is 12.5 Å². The number of nitrogens with zero attached hydrogens (tertiary/aromatic N) is 2. The minimum absolute atomic E-state index is 0.120. The van der Waals surface area contributed by atoms with Crippen LogP contribution in [0.1, 0.15) is 12.5 Å². The summed E-state index contributed by atoms with van der Waals surface area (Å²) in [6.07, 6.45) is -0.0458. The third-order valence-corrected chi connectivity index (χ3v) is 3.89. The molecule has 0 radical (unpaired) electrons. The molecule has 2 heterocycles. The molecule has 102 valence electrons. The number of hydrogen-bond acceptors (Lipinski definition) is 3. The van der Waals surface area contributed by atoms with Crippen molar-refractivity contribution in [3.05, 3.63) is 35.9 Å². The zero-order valence-corrected chi connectivity index (χ0v) is 11.3. The molecule has 0 spiro atoms. The van der Waals surface area contributed by atoms with E-state index < -0.39 is 0 Å². The topological polar surface area (TPSA) is 36.1 Å². The van der Waals surface area contributed by atoms with E-state index in [4.69, 9.17) is 4.74 Å². The second-order valence-corrected chi connectivity index (χ2v) is 5.35. The number of rotatable bonds is 3. The highest BCUT2D eigenvalue weighted by molar-refractivity contribution is 5.83. The summed E-state index contributed by atoms with van der Waals surface area (Å²) >= 11 is 0. The van der Waals surface area contributed by atoms with Crippen molar-refractivity contribution in [2.75, 3.05) is 26.2 Å². The number of hydrogen-bond donors (Lipinski definition) is 0. The van der Waals surface area contributed by atoms with Crippen LogP contribution in [0.4, 0.5) is 0 Å². The maximum Gasteiger partial charge on any atom is 0.254 e. The van der Waals surface area contributed by atoms with Gasteiger partial charge in [0, 0.05) is 32.7 Å². The molecule has 0 N–H and O–H groups in total. The second-order valence-electron chi connectivity index (χ2n) is 5.35. The number of ether oxygens (including phenoxy) is 1. The second kappa shape index (κ2) is 5.31. The van der Waals surface area contributed by atoms with Crippen molar-refractivity contribution in [2.24, 2.45) is 0 Å². The van der Waals surface area contributed by atoms with E-state index in [0.717, 1.165) is 32.7 Å². The molecule has 2 fully saturated rings.